The third-order valence-electron chi connectivity index (χ3n) is 3.97. The van der Waals surface area contributed by atoms with Crippen LogP contribution < -0.4 is 10.0 Å². The number of benzene rings is 1. The molecule has 0 spiro atoms. The van der Waals surface area contributed by atoms with E-state index in [2.05, 4.69) is 26.9 Å². The Morgan fingerprint density at radius 3 is 2.64 bits per heavy atom. The molecule has 0 aliphatic heterocycles. The minimum atomic E-state index is -3.93. The molecule has 0 radical (unpaired) electrons. The Morgan fingerprint density at radius 2 is 1.93 bits per heavy atom. The van der Waals surface area contributed by atoms with Crippen molar-refractivity contribution in [2.24, 2.45) is 0 Å². The summed E-state index contributed by atoms with van der Waals surface area (Å²) in [7, 11) is -3.93. The van der Waals surface area contributed by atoms with Crippen LogP contribution in [0.5, 0.6) is 0 Å². The standard InChI is InChI=1S/C19H21FN4O2S2/c1-2-3-4-10-22-18-17(14-8-11-21-12-9-14)23-19(27-18)24-28(25,26)16-7-5-6-15(20)13-16/h5-9,11-13,22H,2-4,10H2,1H3,(H,23,24). The first-order valence-electron chi connectivity index (χ1n) is 8.93. The molecule has 0 bridgehead atoms. The summed E-state index contributed by atoms with van der Waals surface area (Å²) >= 11 is 1.21. The fraction of sp³-hybridized carbons (Fsp3) is 0.263. The smallest absolute Gasteiger partial charge is 0.263 e. The van der Waals surface area contributed by atoms with Gasteiger partial charge in [0.05, 0.1) is 4.90 Å². The summed E-state index contributed by atoms with van der Waals surface area (Å²) in [5.41, 5.74) is 1.49. The van der Waals surface area contributed by atoms with Crippen molar-refractivity contribution in [1.82, 2.24) is 9.97 Å². The SMILES string of the molecule is CCCCCNc1sc(NS(=O)(=O)c2cccc(F)c2)nc1-c1ccncc1. The van der Waals surface area contributed by atoms with Crippen molar-refractivity contribution < 1.29 is 12.8 Å². The Balaban J connectivity index is 1.88. The van der Waals surface area contributed by atoms with Crippen LogP contribution in [0.1, 0.15) is 26.2 Å². The molecule has 0 atom stereocenters. The van der Waals surface area contributed by atoms with Gasteiger partial charge in [-0.3, -0.25) is 9.71 Å². The summed E-state index contributed by atoms with van der Waals surface area (Å²) in [5, 5.41) is 4.34. The summed E-state index contributed by atoms with van der Waals surface area (Å²) in [6, 6.07) is 8.50. The van der Waals surface area contributed by atoms with Crippen LogP contribution in [0.4, 0.5) is 14.5 Å². The van der Waals surface area contributed by atoms with E-state index >= 15 is 0 Å². The van der Waals surface area contributed by atoms with Gasteiger partial charge in [-0.25, -0.2) is 17.8 Å². The molecule has 0 saturated carbocycles. The van der Waals surface area contributed by atoms with Crippen LogP contribution in [0.25, 0.3) is 11.3 Å². The summed E-state index contributed by atoms with van der Waals surface area (Å²) in [6.45, 7) is 2.90. The molecular formula is C19H21FN4O2S2. The van der Waals surface area contributed by atoms with Crippen molar-refractivity contribution in [2.75, 3.05) is 16.6 Å². The number of rotatable bonds is 9. The zero-order valence-electron chi connectivity index (χ0n) is 15.4. The predicted molar refractivity (Wildman–Crippen MR) is 111 cm³/mol. The summed E-state index contributed by atoms with van der Waals surface area (Å²) in [5.74, 6) is -0.613. The number of thiazole rings is 1. The van der Waals surface area contributed by atoms with Crippen LogP contribution >= 0.6 is 11.3 Å². The number of anilines is 2. The van der Waals surface area contributed by atoms with Crippen LogP contribution in [0.3, 0.4) is 0 Å². The number of unbranched alkanes of at least 4 members (excludes halogenated alkanes) is 2. The molecule has 3 aromatic rings. The van der Waals surface area contributed by atoms with Crippen LogP contribution in [0.15, 0.2) is 53.7 Å². The molecule has 0 amide bonds. The average Bonchev–Trinajstić information content (AvgIpc) is 3.08. The molecule has 0 aliphatic carbocycles. The molecule has 0 aliphatic rings. The normalized spacial score (nSPS) is 11.4. The van der Waals surface area contributed by atoms with Gasteiger partial charge in [0, 0.05) is 24.5 Å². The van der Waals surface area contributed by atoms with E-state index in [1.807, 2.05) is 12.1 Å². The monoisotopic (exact) mass is 420 g/mol. The lowest BCUT2D eigenvalue weighted by Gasteiger charge is -2.05. The van der Waals surface area contributed by atoms with E-state index in [0.29, 0.717) is 5.69 Å². The molecule has 3 rings (SSSR count). The van der Waals surface area contributed by atoms with Crippen LogP contribution in [-0.4, -0.2) is 24.9 Å². The highest BCUT2D eigenvalue weighted by atomic mass is 32.2. The zero-order valence-corrected chi connectivity index (χ0v) is 17.0. The minimum absolute atomic E-state index is 0.148. The van der Waals surface area contributed by atoms with E-state index in [-0.39, 0.29) is 10.0 Å². The summed E-state index contributed by atoms with van der Waals surface area (Å²) in [6.07, 6.45) is 6.54. The molecule has 1 aromatic carbocycles. The van der Waals surface area contributed by atoms with Gasteiger partial charge >= 0.3 is 0 Å². The fourth-order valence-corrected chi connectivity index (χ4v) is 4.75. The molecule has 2 N–H and O–H groups in total. The lowest BCUT2D eigenvalue weighted by Crippen LogP contribution is -2.12. The quantitative estimate of drug-likeness (QED) is 0.488. The highest BCUT2D eigenvalue weighted by Gasteiger charge is 2.20. The molecule has 2 aromatic heterocycles. The molecule has 148 valence electrons. The Labute approximate surface area is 167 Å². The largest absolute Gasteiger partial charge is 0.375 e. The van der Waals surface area contributed by atoms with E-state index in [0.717, 1.165) is 42.4 Å². The van der Waals surface area contributed by atoms with Gasteiger partial charge in [0.1, 0.15) is 16.5 Å². The highest BCUT2D eigenvalue weighted by molar-refractivity contribution is 7.93. The van der Waals surface area contributed by atoms with E-state index in [4.69, 9.17) is 0 Å². The number of nitrogens with one attached hydrogen (secondary N) is 2. The number of sulfonamides is 1. The molecule has 28 heavy (non-hydrogen) atoms. The van der Waals surface area contributed by atoms with Crippen molar-refractivity contribution in [1.29, 1.82) is 0 Å². The number of nitrogens with zero attached hydrogens (tertiary/aromatic N) is 2. The van der Waals surface area contributed by atoms with E-state index in [1.54, 1.807) is 12.4 Å². The van der Waals surface area contributed by atoms with Gasteiger partial charge < -0.3 is 5.32 Å². The second-order valence-electron chi connectivity index (χ2n) is 6.13. The summed E-state index contributed by atoms with van der Waals surface area (Å²) < 4.78 is 41.0. The van der Waals surface area contributed by atoms with Gasteiger partial charge in [0.15, 0.2) is 5.13 Å². The first-order valence-corrected chi connectivity index (χ1v) is 11.2. The second-order valence-corrected chi connectivity index (χ2v) is 8.81. The van der Waals surface area contributed by atoms with E-state index in [9.17, 15) is 12.8 Å². The van der Waals surface area contributed by atoms with Crippen molar-refractivity contribution in [3.05, 3.63) is 54.6 Å². The van der Waals surface area contributed by atoms with Crippen LogP contribution in [0.2, 0.25) is 0 Å². The van der Waals surface area contributed by atoms with Crippen molar-refractivity contribution >= 4 is 31.5 Å². The van der Waals surface area contributed by atoms with Crippen molar-refractivity contribution in [2.45, 2.75) is 31.1 Å². The molecule has 6 nitrogen and oxygen atoms in total. The van der Waals surface area contributed by atoms with Gasteiger partial charge in [0.25, 0.3) is 10.0 Å². The summed E-state index contributed by atoms with van der Waals surface area (Å²) in [4.78, 5) is 8.32. The molecule has 0 saturated heterocycles. The number of halogens is 1. The third-order valence-corrected chi connectivity index (χ3v) is 6.37. The molecule has 0 fully saturated rings. The first-order chi connectivity index (χ1) is 13.5. The molecular weight excluding hydrogens is 399 g/mol. The van der Waals surface area contributed by atoms with Gasteiger partial charge in [-0.15, -0.1) is 0 Å². The first kappa shape index (κ1) is 20.2. The lowest BCUT2D eigenvalue weighted by atomic mass is 10.2. The van der Waals surface area contributed by atoms with Gasteiger partial charge in [-0.05, 0) is 36.8 Å². The number of hydrogen-bond donors (Lipinski definition) is 2. The van der Waals surface area contributed by atoms with E-state index in [1.165, 1.54) is 29.5 Å². The van der Waals surface area contributed by atoms with Crippen molar-refractivity contribution in [3.63, 3.8) is 0 Å². The Hall–Kier alpha value is -2.52. The Bertz CT molecular complexity index is 1020. The predicted octanol–water partition coefficient (Wildman–Crippen LogP) is 4.75. The maximum absolute atomic E-state index is 13.4. The highest BCUT2D eigenvalue weighted by Crippen LogP contribution is 2.36. The zero-order chi connectivity index (χ0) is 20.0. The Morgan fingerprint density at radius 1 is 1.14 bits per heavy atom. The Kier molecular flexibility index (Phi) is 6.58. The van der Waals surface area contributed by atoms with Gasteiger partial charge in [0.2, 0.25) is 0 Å². The van der Waals surface area contributed by atoms with Gasteiger partial charge in [-0.2, -0.15) is 0 Å². The molecule has 9 heteroatoms. The minimum Gasteiger partial charge on any atom is -0.375 e. The number of aromatic nitrogens is 2. The maximum Gasteiger partial charge on any atom is 0.263 e. The fourth-order valence-electron chi connectivity index (χ4n) is 2.57. The lowest BCUT2D eigenvalue weighted by molar-refractivity contribution is 0.595. The average molecular weight is 421 g/mol. The van der Waals surface area contributed by atoms with E-state index < -0.39 is 15.8 Å². The third kappa shape index (κ3) is 5.05. The molecule has 0 unspecified atom stereocenters. The van der Waals surface area contributed by atoms with Gasteiger partial charge in [-0.1, -0.05) is 37.2 Å². The number of pyridine rings is 1. The maximum atomic E-state index is 13.4. The van der Waals surface area contributed by atoms with Crippen LogP contribution in [0, 0.1) is 5.82 Å². The number of hydrogen-bond acceptors (Lipinski definition) is 6. The van der Waals surface area contributed by atoms with Crippen LogP contribution in [-0.2, 0) is 10.0 Å². The second kappa shape index (κ2) is 9.11. The topological polar surface area (TPSA) is 84.0 Å². The molecule has 2 heterocycles. The van der Waals surface area contributed by atoms with Crippen molar-refractivity contribution in [3.8, 4) is 11.3 Å².